The molecule has 4 heteroatoms. The molecular formula is C36H60O3Si. The molecule has 6 aliphatic rings. The third-order valence-electron chi connectivity index (χ3n) is 15.5. The molecule has 1 heterocycles. The number of carbonyl (C=O) groups is 1. The van der Waals surface area contributed by atoms with E-state index in [9.17, 15) is 4.79 Å². The highest BCUT2D eigenvalue weighted by atomic mass is 28.4. The molecule has 0 spiro atoms. The molecule has 5 aliphatic carbocycles. The molecule has 0 aromatic rings. The lowest BCUT2D eigenvalue weighted by Gasteiger charge is -2.71. The summed E-state index contributed by atoms with van der Waals surface area (Å²) in [6, 6.07) is 0. The minimum absolute atomic E-state index is 0.139. The maximum atomic E-state index is 12.9. The summed E-state index contributed by atoms with van der Waals surface area (Å²) in [5, 5.41) is 0.241. The van der Waals surface area contributed by atoms with Crippen LogP contribution in [0.15, 0.2) is 11.6 Å². The molecule has 10 atom stereocenters. The topological polar surface area (TPSA) is 38.8 Å². The second-order valence-corrected chi connectivity index (χ2v) is 23.7. The van der Waals surface area contributed by atoms with Gasteiger partial charge >= 0.3 is 0 Å². The molecule has 3 unspecified atom stereocenters. The van der Waals surface area contributed by atoms with Gasteiger partial charge < -0.3 is 14.0 Å². The van der Waals surface area contributed by atoms with E-state index >= 15 is 0 Å². The van der Waals surface area contributed by atoms with Crippen molar-refractivity contribution in [1.82, 2.24) is 0 Å². The molecule has 0 amide bonds. The van der Waals surface area contributed by atoms with E-state index in [0.717, 1.165) is 19.3 Å². The molecule has 3 nitrogen and oxygen atoms in total. The van der Waals surface area contributed by atoms with Gasteiger partial charge in [-0.1, -0.05) is 80.9 Å². The number of ether oxygens (including phenoxy) is 1. The van der Waals surface area contributed by atoms with Gasteiger partial charge in [0.2, 0.25) is 0 Å². The summed E-state index contributed by atoms with van der Waals surface area (Å²) < 4.78 is 13.5. The molecule has 1 saturated heterocycles. The van der Waals surface area contributed by atoms with Gasteiger partial charge in [0.1, 0.15) is 6.29 Å². The Morgan fingerprint density at radius 2 is 1.60 bits per heavy atom. The fraction of sp³-hybridized carbons (Fsp3) is 0.917. The predicted octanol–water partition coefficient (Wildman–Crippen LogP) is 9.36. The normalized spacial score (nSPS) is 50.8. The third kappa shape index (κ3) is 3.57. The molecule has 0 bridgehead atoms. The van der Waals surface area contributed by atoms with Gasteiger partial charge in [0, 0.05) is 0 Å². The van der Waals surface area contributed by atoms with Gasteiger partial charge in [0.25, 0.3) is 0 Å². The van der Waals surface area contributed by atoms with Crippen molar-refractivity contribution >= 4 is 14.6 Å². The van der Waals surface area contributed by atoms with Gasteiger partial charge in [0.05, 0.1) is 23.7 Å². The number of rotatable bonds is 3. The van der Waals surface area contributed by atoms with Crippen LogP contribution < -0.4 is 0 Å². The minimum atomic E-state index is -1.84. The average molecular weight is 569 g/mol. The highest BCUT2D eigenvalue weighted by Crippen LogP contribution is 2.77. The summed E-state index contributed by atoms with van der Waals surface area (Å²) in [4.78, 5) is 12.9. The van der Waals surface area contributed by atoms with Crippen LogP contribution in [-0.4, -0.2) is 32.9 Å². The lowest BCUT2D eigenvalue weighted by atomic mass is 9.33. The Morgan fingerprint density at radius 3 is 2.23 bits per heavy atom. The fourth-order valence-corrected chi connectivity index (χ4v) is 13.2. The monoisotopic (exact) mass is 568 g/mol. The van der Waals surface area contributed by atoms with E-state index in [-0.39, 0.29) is 44.3 Å². The highest BCUT2D eigenvalue weighted by Gasteiger charge is 2.74. The van der Waals surface area contributed by atoms with E-state index in [2.05, 4.69) is 88.4 Å². The van der Waals surface area contributed by atoms with E-state index in [1.807, 2.05) is 0 Å². The Balaban J connectivity index is 1.34. The molecule has 40 heavy (non-hydrogen) atoms. The van der Waals surface area contributed by atoms with Crippen LogP contribution in [0.1, 0.15) is 121 Å². The van der Waals surface area contributed by atoms with Crippen molar-refractivity contribution in [3.8, 4) is 0 Å². The molecule has 226 valence electrons. The number of hydrogen-bond acceptors (Lipinski definition) is 3. The van der Waals surface area contributed by atoms with Crippen molar-refractivity contribution in [2.45, 2.75) is 157 Å². The molecular weight excluding hydrogens is 508 g/mol. The van der Waals surface area contributed by atoms with Gasteiger partial charge in [-0.3, -0.25) is 0 Å². The smallest absolute Gasteiger partial charge is 0.192 e. The zero-order chi connectivity index (χ0) is 29.5. The molecule has 0 aromatic carbocycles. The molecule has 1 aliphatic heterocycles. The number of carbonyl (C=O) groups excluding carboxylic acids is 1. The molecule has 0 aromatic heterocycles. The van der Waals surface area contributed by atoms with Crippen molar-refractivity contribution in [3.63, 3.8) is 0 Å². The summed E-state index contributed by atoms with van der Waals surface area (Å²) in [5.74, 6) is 1.72. The zero-order valence-corrected chi connectivity index (χ0v) is 29.0. The first-order valence-corrected chi connectivity index (χ1v) is 19.6. The minimum Gasteiger partial charge on any atom is -0.413 e. The largest absolute Gasteiger partial charge is 0.413 e. The average Bonchev–Trinajstić information content (AvgIpc) is 3.64. The first-order valence-electron chi connectivity index (χ1n) is 16.7. The Bertz CT molecular complexity index is 1110. The van der Waals surface area contributed by atoms with Crippen molar-refractivity contribution < 1.29 is 14.0 Å². The summed E-state index contributed by atoms with van der Waals surface area (Å²) >= 11 is 0. The maximum absolute atomic E-state index is 12.9. The number of fused-ring (bicyclic) bond motifs is 9. The van der Waals surface area contributed by atoms with Gasteiger partial charge in [-0.15, -0.1) is 0 Å². The maximum Gasteiger partial charge on any atom is 0.192 e. The summed E-state index contributed by atoms with van der Waals surface area (Å²) in [5.41, 5.74) is 2.43. The van der Waals surface area contributed by atoms with Gasteiger partial charge in [-0.2, -0.15) is 0 Å². The summed E-state index contributed by atoms with van der Waals surface area (Å²) in [6.45, 7) is 29.8. The number of aldehydes is 1. The van der Waals surface area contributed by atoms with E-state index in [1.54, 1.807) is 5.57 Å². The van der Waals surface area contributed by atoms with Crippen molar-refractivity contribution in [3.05, 3.63) is 11.6 Å². The Kier molecular flexibility index (Phi) is 6.20. The lowest BCUT2D eigenvalue weighted by Crippen LogP contribution is -2.66. The van der Waals surface area contributed by atoms with Crippen LogP contribution in [0.5, 0.6) is 0 Å². The van der Waals surface area contributed by atoms with Crippen LogP contribution in [0.4, 0.5) is 0 Å². The SMILES string of the molecule is CC1(C)CC2C3=CCC4[C@@]5(C)CC[C@H](O[Si](C)(C)C(C)(C)C)C(C)(C)C5CC[C@@]4(C)[C@]3(C)CC[C@@]2(C=O)[C@@H]2O[C@@H]21. The van der Waals surface area contributed by atoms with Crippen LogP contribution >= 0.6 is 0 Å². The van der Waals surface area contributed by atoms with Crippen LogP contribution in [0.25, 0.3) is 0 Å². The van der Waals surface area contributed by atoms with Crippen LogP contribution in [0.3, 0.4) is 0 Å². The molecule has 0 radical (unpaired) electrons. The Morgan fingerprint density at radius 1 is 0.925 bits per heavy atom. The second kappa shape index (κ2) is 8.38. The van der Waals surface area contributed by atoms with E-state index < -0.39 is 8.32 Å². The quantitative estimate of drug-likeness (QED) is 0.147. The summed E-state index contributed by atoms with van der Waals surface area (Å²) in [7, 11) is -1.84. The third-order valence-corrected chi connectivity index (χ3v) is 20.0. The van der Waals surface area contributed by atoms with Crippen LogP contribution in [0.2, 0.25) is 18.1 Å². The van der Waals surface area contributed by atoms with Crippen molar-refractivity contribution in [1.29, 1.82) is 0 Å². The highest BCUT2D eigenvalue weighted by molar-refractivity contribution is 6.74. The van der Waals surface area contributed by atoms with Gasteiger partial charge in [0.15, 0.2) is 8.32 Å². The first kappa shape index (κ1) is 29.6. The Hall–Kier alpha value is -0.453. The van der Waals surface area contributed by atoms with Crippen molar-refractivity contribution in [2.75, 3.05) is 0 Å². The van der Waals surface area contributed by atoms with E-state index in [0.29, 0.717) is 29.3 Å². The van der Waals surface area contributed by atoms with Crippen LogP contribution in [-0.2, 0) is 14.0 Å². The standard InChI is InChI=1S/C36H60O3Si/c1-30(2,3)40(11,12)39-27-16-17-33(8)25(32(27,6)7)15-18-35(10)26(33)14-13-23-24-21-31(4,5)28-29(38-28)36(24,22-37)20-19-34(23,35)9/h13,22,24-29H,14-21H2,1-12H3/t24?,25?,26?,27-,28-,29+,33-,34+,35+,36-/m0/s1. The number of epoxide rings is 1. The molecule has 6 rings (SSSR count). The van der Waals surface area contributed by atoms with E-state index in [1.165, 1.54) is 38.4 Å². The molecule has 0 N–H and O–H groups in total. The first-order chi connectivity index (χ1) is 18.2. The molecule has 4 saturated carbocycles. The van der Waals surface area contributed by atoms with Crippen molar-refractivity contribution in [2.24, 2.45) is 50.2 Å². The summed E-state index contributed by atoms with van der Waals surface area (Å²) in [6.07, 6.45) is 14.3. The number of hydrogen-bond donors (Lipinski definition) is 0. The van der Waals surface area contributed by atoms with E-state index in [4.69, 9.17) is 9.16 Å². The lowest BCUT2D eigenvalue weighted by molar-refractivity contribution is -0.200. The predicted molar refractivity (Wildman–Crippen MR) is 167 cm³/mol. The number of allylic oxidation sites excluding steroid dienone is 2. The Labute approximate surface area is 247 Å². The molecule has 5 fully saturated rings. The fourth-order valence-electron chi connectivity index (χ4n) is 11.8. The van der Waals surface area contributed by atoms with Gasteiger partial charge in [-0.25, -0.2) is 0 Å². The van der Waals surface area contributed by atoms with Gasteiger partial charge in [-0.05, 0) is 114 Å². The zero-order valence-electron chi connectivity index (χ0n) is 28.0. The van der Waals surface area contributed by atoms with Crippen LogP contribution in [0, 0.1) is 50.2 Å². The second-order valence-electron chi connectivity index (χ2n) is 19.0.